The van der Waals surface area contributed by atoms with Gasteiger partial charge in [-0.25, -0.2) is 15.0 Å². The fourth-order valence-electron chi connectivity index (χ4n) is 10.9. The second-order valence-electron chi connectivity index (χ2n) is 16.9. The summed E-state index contributed by atoms with van der Waals surface area (Å²) in [4.78, 5) is 17.0. The quantitative estimate of drug-likeness (QED) is 0.155. The molecule has 2 aliphatic rings. The van der Waals surface area contributed by atoms with E-state index in [4.69, 9.17) is 15.0 Å². The van der Waals surface area contributed by atoms with Crippen molar-refractivity contribution in [3.05, 3.63) is 264 Å². The van der Waals surface area contributed by atoms with Gasteiger partial charge in [-0.15, -0.1) is 0 Å². The molecule has 0 atom stereocenters. The number of para-hydroxylation sites is 2. The number of hydrogen-bond acceptors (Lipinski definition) is 6. The van der Waals surface area contributed by atoms with Crippen molar-refractivity contribution >= 4 is 45.9 Å². The SMILES string of the molecule is N#Cc1cc(N2c3ccccc3C3(c4ccccc42)c2ccccc2[Si](c2ccccc2)(c2ccccc2)c2ccccc23)c(C#N)cc1-c1nc(-c2ccccc2)nc(-c2ccccc2)n1. The average Bonchev–Trinajstić information content (AvgIpc) is 3.41. The van der Waals surface area contributed by atoms with Gasteiger partial charge in [-0.2, -0.15) is 10.5 Å². The first-order chi connectivity index (χ1) is 33.2. The summed E-state index contributed by atoms with van der Waals surface area (Å²) in [5.74, 6) is 1.25. The summed E-state index contributed by atoms with van der Waals surface area (Å²) in [7, 11) is -2.94. The molecule has 10 aromatic rings. The molecule has 312 valence electrons. The van der Waals surface area contributed by atoms with Crippen molar-refractivity contribution in [2.45, 2.75) is 5.41 Å². The Bertz CT molecular complexity index is 3420. The van der Waals surface area contributed by atoms with E-state index in [1.54, 1.807) is 6.07 Å². The van der Waals surface area contributed by atoms with Gasteiger partial charge in [0, 0.05) is 16.7 Å². The lowest BCUT2D eigenvalue weighted by Crippen LogP contribution is -2.79. The van der Waals surface area contributed by atoms with Gasteiger partial charge in [-0.3, -0.25) is 0 Å². The molecule has 0 bridgehead atoms. The Morgan fingerprint density at radius 2 is 0.761 bits per heavy atom. The molecule has 1 aromatic heterocycles. The number of benzene rings is 9. The highest BCUT2D eigenvalue weighted by atomic mass is 28.3. The minimum Gasteiger partial charge on any atom is -0.308 e. The molecule has 7 heteroatoms. The first-order valence-electron chi connectivity index (χ1n) is 22.3. The number of nitrogens with zero attached hydrogens (tertiary/aromatic N) is 6. The van der Waals surface area contributed by atoms with Crippen molar-refractivity contribution in [1.82, 2.24) is 15.0 Å². The molecule has 12 rings (SSSR count). The number of aromatic nitrogens is 3. The lowest BCUT2D eigenvalue weighted by atomic mass is 9.62. The van der Waals surface area contributed by atoms with Crippen molar-refractivity contribution in [3.8, 4) is 46.3 Å². The lowest BCUT2D eigenvalue weighted by molar-refractivity contribution is 0.736. The Kier molecular flexibility index (Phi) is 9.39. The third kappa shape index (κ3) is 5.89. The van der Waals surface area contributed by atoms with Crippen molar-refractivity contribution in [2.24, 2.45) is 0 Å². The smallest absolute Gasteiger partial charge is 0.180 e. The number of anilines is 3. The van der Waals surface area contributed by atoms with Gasteiger partial charge >= 0.3 is 0 Å². The molecule has 0 fully saturated rings. The summed E-state index contributed by atoms with van der Waals surface area (Å²) in [6.07, 6.45) is 0. The van der Waals surface area contributed by atoms with E-state index in [1.165, 1.54) is 31.9 Å². The van der Waals surface area contributed by atoms with Crippen molar-refractivity contribution in [1.29, 1.82) is 10.5 Å². The first-order valence-corrected chi connectivity index (χ1v) is 24.3. The van der Waals surface area contributed by atoms with Crippen LogP contribution in [0.5, 0.6) is 0 Å². The van der Waals surface area contributed by atoms with Crippen molar-refractivity contribution < 1.29 is 0 Å². The van der Waals surface area contributed by atoms with Crippen LogP contribution in [0.2, 0.25) is 0 Å². The van der Waals surface area contributed by atoms with Crippen LogP contribution in [0.15, 0.2) is 231 Å². The Morgan fingerprint density at radius 3 is 1.22 bits per heavy atom. The summed E-state index contributed by atoms with van der Waals surface area (Å²) in [6.45, 7) is 0. The standard InChI is InChI=1S/C60H38N6Si/c61-39-43-38-54(44(40-62)37-47(43)59-64-57(41-21-5-1-6-22-41)63-58(65-59)42-23-7-2-8-24-42)66-52-33-17-13-29-48(52)60(49-30-14-18-34-53(49)66)50-31-15-19-35-55(50)67(45-25-9-3-10-26-45,46-27-11-4-12-28-46)56-36-20-16-32-51(56)60/h1-38H. The molecule has 0 N–H and O–H groups in total. The largest absolute Gasteiger partial charge is 0.308 e. The van der Waals surface area contributed by atoms with Gasteiger partial charge in [0.2, 0.25) is 0 Å². The molecular weight excluding hydrogens is 833 g/mol. The molecule has 6 nitrogen and oxygen atoms in total. The maximum absolute atomic E-state index is 11.2. The van der Waals surface area contributed by atoms with Crippen LogP contribution in [0.25, 0.3) is 34.2 Å². The Balaban J connectivity index is 1.11. The maximum atomic E-state index is 11.2. The van der Waals surface area contributed by atoms with Gasteiger partial charge in [-0.1, -0.05) is 206 Å². The van der Waals surface area contributed by atoms with Crippen LogP contribution >= 0.6 is 0 Å². The fraction of sp³-hybridized carbons (Fsp3) is 0.0167. The Morgan fingerprint density at radius 1 is 0.373 bits per heavy atom. The van der Waals surface area contributed by atoms with Gasteiger partial charge in [0.05, 0.1) is 39.7 Å². The molecule has 0 saturated carbocycles. The predicted octanol–water partition coefficient (Wildman–Crippen LogP) is 10.5. The molecule has 0 amide bonds. The molecule has 0 aliphatic carbocycles. The maximum Gasteiger partial charge on any atom is 0.180 e. The fourth-order valence-corrected chi connectivity index (χ4v) is 16.2. The van der Waals surface area contributed by atoms with Gasteiger partial charge in [0.15, 0.2) is 25.5 Å². The highest BCUT2D eigenvalue weighted by Crippen LogP contribution is 2.58. The van der Waals surface area contributed by atoms with Crippen molar-refractivity contribution in [3.63, 3.8) is 0 Å². The Hall–Kier alpha value is -9.01. The summed E-state index contributed by atoms with van der Waals surface area (Å²) in [6, 6.07) is 85.6. The van der Waals surface area contributed by atoms with E-state index in [2.05, 4.69) is 175 Å². The molecule has 1 spiro atoms. The average molecular weight is 871 g/mol. The van der Waals surface area contributed by atoms with Gasteiger partial charge in [-0.05, 0) is 67.3 Å². The lowest BCUT2D eigenvalue weighted by Gasteiger charge is -2.53. The summed E-state index contributed by atoms with van der Waals surface area (Å²) in [5.41, 5.74) is 9.11. The van der Waals surface area contributed by atoms with Crippen molar-refractivity contribution in [2.75, 3.05) is 4.90 Å². The van der Waals surface area contributed by atoms with Gasteiger partial charge < -0.3 is 4.90 Å². The normalized spacial score (nSPS) is 13.6. The van der Waals surface area contributed by atoms with E-state index in [0.717, 1.165) is 33.6 Å². The molecule has 67 heavy (non-hydrogen) atoms. The monoisotopic (exact) mass is 870 g/mol. The van der Waals surface area contributed by atoms with Crippen LogP contribution in [-0.2, 0) is 5.41 Å². The Labute approximate surface area is 390 Å². The van der Waals surface area contributed by atoms with E-state index in [-0.39, 0.29) is 0 Å². The first kappa shape index (κ1) is 39.6. The molecule has 2 aliphatic heterocycles. The third-order valence-electron chi connectivity index (χ3n) is 13.5. The number of nitriles is 2. The van der Waals surface area contributed by atoms with Crippen LogP contribution in [0.4, 0.5) is 17.1 Å². The van der Waals surface area contributed by atoms with E-state index >= 15 is 0 Å². The summed E-state index contributed by atoms with van der Waals surface area (Å²) >= 11 is 0. The second-order valence-corrected chi connectivity index (χ2v) is 20.6. The highest BCUT2D eigenvalue weighted by molar-refractivity contribution is 7.20. The minimum atomic E-state index is -2.94. The zero-order valence-corrected chi connectivity index (χ0v) is 37.1. The van der Waals surface area contributed by atoms with E-state index < -0.39 is 13.5 Å². The van der Waals surface area contributed by atoms with Gasteiger partial charge in [0.1, 0.15) is 6.07 Å². The number of fused-ring (bicyclic) bond motifs is 8. The molecule has 0 saturated heterocycles. The molecule has 0 radical (unpaired) electrons. The van der Waals surface area contributed by atoms with Crippen LogP contribution in [0, 0.1) is 22.7 Å². The molecule has 9 aromatic carbocycles. The van der Waals surface area contributed by atoms with Crippen LogP contribution in [-0.4, -0.2) is 23.0 Å². The van der Waals surface area contributed by atoms with E-state index in [9.17, 15) is 10.5 Å². The summed E-state index contributed by atoms with van der Waals surface area (Å²) in [5, 5.41) is 27.6. The molecule has 3 heterocycles. The second kappa shape index (κ2) is 15.9. The van der Waals surface area contributed by atoms with Gasteiger partial charge in [0.25, 0.3) is 0 Å². The predicted molar refractivity (Wildman–Crippen MR) is 269 cm³/mol. The van der Waals surface area contributed by atoms with Crippen LogP contribution in [0.1, 0.15) is 33.4 Å². The van der Waals surface area contributed by atoms with Crippen LogP contribution < -0.4 is 25.6 Å². The minimum absolute atomic E-state index is 0.311. The third-order valence-corrected chi connectivity index (χ3v) is 18.4. The topological polar surface area (TPSA) is 89.5 Å². The molecular formula is C60H38N6Si. The summed E-state index contributed by atoms with van der Waals surface area (Å²) < 4.78 is 0. The van der Waals surface area contributed by atoms with E-state index in [0.29, 0.717) is 39.9 Å². The van der Waals surface area contributed by atoms with Crippen LogP contribution in [0.3, 0.4) is 0 Å². The zero-order valence-electron chi connectivity index (χ0n) is 36.1. The highest BCUT2D eigenvalue weighted by Gasteiger charge is 2.57. The number of hydrogen-bond donors (Lipinski definition) is 0. The number of rotatable bonds is 6. The molecule has 0 unspecified atom stereocenters. The zero-order chi connectivity index (χ0) is 45.0. The van der Waals surface area contributed by atoms with E-state index in [1.807, 2.05) is 66.7 Å².